The van der Waals surface area contributed by atoms with E-state index in [0.717, 1.165) is 19.0 Å². The fourth-order valence-corrected chi connectivity index (χ4v) is 4.04. The number of hydrogen-bond acceptors (Lipinski definition) is 2. The lowest BCUT2D eigenvalue weighted by Crippen LogP contribution is -2.49. The van der Waals surface area contributed by atoms with Crippen LogP contribution in [0.1, 0.15) is 59.8 Å². The van der Waals surface area contributed by atoms with E-state index in [1.165, 1.54) is 32.1 Å². The molecule has 0 spiro atoms. The SMILES string of the molecule is CCNCC(O[Si](C)(C)C(C)(C)C)C1CCCCC1. The molecule has 19 heavy (non-hydrogen) atoms. The minimum atomic E-state index is -1.64. The predicted molar refractivity (Wildman–Crippen MR) is 87.2 cm³/mol. The Balaban J connectivity index is 2.67. The molecule has 3 heteroatoms. The van der Waals surface area contributed by atoms with Gasteiger partial charge in [-0.1, -0.05) is 47.0 Å². The Morgan fingerprint density at radius 3 is 2.21 bits per heavy atom. The van der Waals surface area contributed by atoms with Crippen molar-refractivity contribution in [3.63, 3.8) is 0 Å². The summed E-state index contributed by atoms with van der Waals surface area (Å²) < 4.78 is 6.72. The first-order chi connectivity index (χ1) is 8.78. The first kappa shape index (κ1) is 17.2. The molecule has 1 aliphatic rings. The van der Waals surface area contributed by atoms with E-state index in [2.05, 4.69) is 46.1 Å². The highest BCUT2D eigenvalue weighted by Gasteiger charge is 2.40. The molecule has 1 N–H and O–H groups in total. The number of rotatable bonds is 6. The van der Waals surface area contributed by atoms with Crippen LogP contribution in [-0.4, -0.2) is 27.5 Å². The minimum absolute atomic E-state index is 0.312. The van der Waals surface area contributed by atoms with E-state index < -0.39 is 8.32 Å². The summed E-state index contributed by atoms with van der Waals surface area (Å²) in [6.07, 6.45) is 7.38. The van der Waals surface area contributed by atoms with Crippen LogP contribution >= 0.6 is 0 Å². The van der Waals surface area contributed by atoms with Crippen molar-refractivity contribution in [3.05, 3.63) is 0 Å². The molecular formula is C16H35NOSi. The molecule has 0 heterocycles. The second-order valence-corrected chi connectivity index (χ2v) is 12.4. The lowest BCUT2D eigenvalue weighted by atomic mass is 9.85. The van der Waals surface area contributed by atoms with Gasteiger partial charge in [-0.05, 0) is 43.4 Å². The summed E-state index contributed by atoms with van der Waals surface area (Å²) in [7, 11) is -1.64. The molecule has 1 atom stereocenters. The van der Waals surface area contributed by atoms with E-state index in [4.69, 9.17) is 4.43 Å². The van der Waals surface area contributed by atoms with Crippen molar-refractivity contribution in [2.24, 2.45) is 5.92 Å². The Hall–Kier alpha value is 0.137. The van der Waals surface area contributed by atoms with Crippen LogP contribution in [0, 0.1) is 5.92 Å². The summed E-state index contributed by atoms with van der Waals surface area (Å²) in [5, 5.41) is 3.83. The first-order valence-corrected chi connectivity index (χ1v) is 11.1. The Bertz CT molecular complexity index is 254. The fourth-order valence-electron chi connectivity index (χ4n) is 2.65. The monoisotopic (exact) mass is 285 g/mol. The molecule has 114 valence electrons. The van der Waals surface area contributed by atoms with E-state index in [1.54, 1.807) is 0 Å². The van der Waals surface area contributed by atoms with Gasteiger partial charge in [0.25, 0.3) is 0 Å². The van der Waals surface area contributed by atoms with Crippen LogP contribution in [0.25, 0.3) is 0 Å². The van der Waals surface area contributed by atoms with Gasteiger partial charge in [-0.3, -0.25) is 0 Å². The van der Waals surface area contributed by atoms with Gasteiger partial charge in [0.2, 0.25) is 0 Å². The lowest BCUT2D eigenvalue weighted by Gasteiger charge is -2.42. The second-order valence-electron chi connectivity index (χ2n) is 7.62. The Kier molecular flexibility index (Phi) is 6.54. The third kappa shape index (κ3) is 5.20. The quantitative estimate of drug-likeness (QED) is 0.722. The maximum atomic E-state index is 6.72. The van der Waals surface area contributed by atoms with Gasteiger partial charge in [0, 0.05) is 6.54 Å². The van der Waals surface area contributed by atoms with Crippen molar-refractivity contribution < 1.29 is 4.43 Å². The molecule has 1 aliphatic carbocycles. The highest BCUT2D eigenvalue weighted by Crippen LogP contribution is 2.39. The average Bonchev–Trinajstić information content (AvgIpc) is 2.34. The fraction of sp³-hybridized carbons (Fsp3) is 1.00. The summed E-state index contributed by atoms with van der Waals surface area (Å²) >= 11 is 0. The minimum Gasteiger partial charge on any atom is -0.412 e. The number of nitrogens with one attached hydrogen (secondary N) is 1. The molecule has 0 aromatic rings. The maximum absolute atomic E-state index is 6.72. The lowest BCUT2D eigenvalue weighted by molar-refractivity contribution is 0.0931. The van der Waals surface area contributed by atoms with Gasteiger partial charge in [-0.15, -0.1) is 0 Å². The molecule has 0 saturated heterocycles. The molecule has 0 amide bonds. The smallest absolute Gasteiger partial charge is 0.192 e. The Morgan fingerprint density at radius 2 is 1.74 bits per heavy atom. The molecule has 1 saturated carbocycles. The first-order valence-electron chi connectivity index (χ1n) is 8.16. The molecule has 0 aromatic carbocycles. The van der Waals surface area contributed by atoms with Gasteiger partial charge in [0.1, 0.15) is 0 Å². The molecular weight excluding hydrogens is 250 g/mol. The third-order valence-electron chi connectivity index (χ3n) is 5.02. The Labute approximate surface area is 121 Å². The molecule has 1 fully saturated rings. The van der Waals surface area contributed by atoms with Crippen molar-refractivity contribution in [2.75, 3.05) is 13.1 Å². The van der Waals surface area contributed by atoms with Crippen LogP contribution in [0.15, 0.2) is 0 Å². The van der Waals surface area contributed by atoms with Gasteiger partial charge in [-0.25, -0.2) is 0 Å². The molecule has 0 radical (unpaired) electrons. The summed E-state index contributed by atoms with van der Waals surface area (Å²) in [6.45, 7) is 16.0. The molecule has 1 rings (SSSR count). The van der Waals surface area contributed by atoms with E-state index in [0.29, 0.717) is 11.1 Å². The molecule has 0 bridgehead atoms. The summed E-state index contributed by atoms with van der Waals surface area (Å²) in [6, 6.07) is 0. The summed E-state index contributed by atoms with van der Waals surface area (Å²) in [5.41, 5.74) is 0. The highest BCUT2D eigenvalue weighted by atomic mass is 28.4. The van der Waals surface area contributed by atoms with Crippen molar-refractivity contribution in [3.8, 4) is 0 Å². The maximum Gasteiger partial charge on any atom is 0.192 e. The standard InChI is InChI=1S/C16H35NOSi/c1-7-17-13-15(14-11-9-8-10-12-14)18-19(5,6)16(2,3)4/h14-15,17H,7-13H2,1-6H3. The summed E-state index contributed by atoms with van der Waals surface area (Å²) in [5.74, 6) is 0.780. The van der Waals surface area contributed by atoms with Gasteiger partial charge < -0.3 is 9.74 Å². The van der Waals surface area contributed by atoms with Crippen molar-refractivity contribution in [2.45, 2.75) is 84.0 Å². The van der Waals surface area contributed by atoms with E-state index in [9.17, 15) is 0 Å². The number of hydrogen-bond donors (Lipinski definition) is 1. The van der Waals surface area contributed by atoms with Crippen molar-refractivity contribution >= 4 is 8.32 Å². The van der Waals surface area contributed by atoms with Crippen molar-refractivity contribution in [1.29, 1.82) is 0 Å². The van der Waals surface area contributed by atoms with Gasteiger partial charge in [0.15, 0.2) is 8.32 Å². The van der Waals surface area contributed by atoms with E-state index in [1.807, 2.05) is 0 Å². The van der Waals surface area contributed by atoms with Crippen LogP contribution in [0.3, 0.4) is 0 Å². The Morgan fingerprint density at radius 1 is 1.16 bits per heavy atom. The zero-order chi connectivity index (χ0) is 14.5. The predicted octanol–water partition coefficient (Wildman–Crippen LogP) is 4.57. The van der Waals surface area contributed by atoms with Crippen LogP contribution < -0.4 is 5.32 Å². The van der Waals surface area contributed by atoms with E-state index >= 15 is 0 Å². The average molecular weight is 286 g/mol. The number of likely N-dealkylation sites (N-methyl/N-ethyl adjacent to an activating group) is 1. The van der Waals surface area contributed by atoms with Crippen LogP contribution in [-0.2, 0) is 4.43 Å². The van der Waals surface area contributed by atoms with Crippen molar-refractivity contribution in [1.82, 2.24) is 5.32 Å². The van der Waals surface area contributed by atoms with Gasteiger partial charge in [-0.2, -0.15) is 0 Å². The third-order valence-corrected chi connectivity index (χ3v) is 9.53. The van der Waals surface area contributed by atoms with Crippen LogP contribution in [0.4, 0.5) is 0 Å². The zero-order valence-electron chi connectivity index (χ0n) is 14.0. The molecule has 0 aliphatic heterocycles. The highest BCUT2D eigenvalue weighted by molar-refractivity contribution is 6.74. The topological polar surface area (TPSA) is 21.3 Å². The largest absolute Gasteiger partial charge is 0.412 e. The van der Waals surface area contributed by atoms with Crippen LogP contribution in [0.2, 0.25) is 18.1 Å². The van der Waals surface area contributed by atoms with Gasteiger partial charge >= 0.3 is 0 Å². The van der Waals surface area contributed by atoms with Crippen LogP contribution in [0.5, 0.6) is 0 Å². The van der Waals surface area contributed by atoms with E-state index in [-0.39, 0.29) is 0 Å². The molecule has 0 aromatic heterocycles. The molecule has 1 unspecified atom stereocenters. The zero-order valence-corrected chi connectivity index (χ0v) is 15.0. The molecule has 2 nitrogen and oxygen atoms in total. The van der Waals surface area contributed by atoms with Gasteiger partial charge in [0.05, 0.1) is 6.10 Å². The second kappa shape index (κ2) is 7.23. The normalized spacial score (nSPS) is 20.5. The summed E-state index contributed by atoms with van der Waals surface area (Å²) in [4.78, 5) is 0.